The molecule has 37 heavy (non-hydrogen) atoms. The molecule has 0 atom stereocenters. The van der Waals surface area contributed by atoms with E-state index in [1.54, 1.807) is 43.6 Å². The number of carbonyl (C=O) groups is 3. The predicted octanol–water partition coefficient (Wildman–Crippen LogP) is 5.27. The summed E-state index contributed by atoms with van der Waals surface area (Å²) in [6.45, 7) is 2.36. The number of rotatable bonds is 13. The van der Waals surface area contributed by atoms with Crippen LogP contribution in [-0.2, 0) is 22.6 Å². The summed E-state index contributed by atoms with van der Waals surface area (Å²) in [4.78, 5) is 36.3. The molecule has 1 aromatic heterocycles. The van der Waals surface area contributed by atoms with Crippen LogP contribution in [0.2, 0.25) is 0 Å². The lowest BCUT2D eigenvalue weighted by atomic mass is 10.0. The van der Waals surface area contributed by atoms with Crippen LogP contribution in [0.4, 0.5) is 0 Å². The molecule has 196 valence electrons. The Hall–Kier alpha value is -3.85. The minimum atomic E-state index is -0.932. The van der Waals surface area contributed by atoms with Crippen LogP contribution in [0, 0.1) is 6.92 Å². The molecule has 0 aliphatic heterocycles. The Kier molecular flexibility index (Phi) is 9.68. The van der Waals surface area contributed by atoms with Gasteiger partial charge < -0.3 is 24.6 Å². The zero-order valence-electron chi connectivity index (χ0n) is 21.2. The number of aliphatic carboxylic acids is 2. The minimum absolute atomic E-state index is 0.0127. The van der Waals surface area contributed by atoms with E-state index < -0.39 is 11.9 Å². The number of carboxylic acids is 2. The van der Waals surface area contributed by atoms with Gasteiger partial charge in [0.1, 0.15) is 18.1 Å². The highest BCUT2D eigenvalue weighted by molar-refractivity contribution is 7.08. The molecule has 1 amide bonds. The monoisotopic (exact) mass is 525 g/mol. The van der Waals surface area contributed by atoms with Crippen molar-refractivity contribution >= 4 is 29.2 Å². The Morgan fingerprint density at radius 2 is 1.73 bits per heavy atom. The van der Waals surface area contributed by atoms with Crippen molar-refractivity contribution in [2.45, 2.75) is 39.2 Å². The van der Waals surface area contributed by atoms with Crippen molar-refractivity contribution in [3.63, 3.8) is 0 Å². The van der Waals surface area contributed by atoms with Gasteiger partial charge in [-0.3, -0.25) is 14.4 Å². The second-order valence-electron chi connectivity index (χ2n) is 8.84. The molecule has 0 saturated heterocycles. The highest BCUT2D eigenvalue weighted by Gasteiger charge is 2.16. The number of benzene rings is 2. The number of thiophene rings is 1. The quantitative estimate of drug-likeness (QED) is 0.293. The van der Waals surface area contributed by atoms with Gasteiger partial charge in [0.2, 0.25) is 0 Å². The molecule has 8 nitrogen and oxygen atoms in total. The lowest BCUT2D eigenvalue weighted by Gasteiger charge is -2.17. The van der Waals surface area contributed by atoms with Crippen molar-refractivity contribution in [3.05, 3.63) is 69.4 Å². The molecule has 0 radical (unpaired) electrons. The fourth-order valence-corrected chi connectivity index (χ4v) is 4.70. The van der Waals surface area contributed by atoms with Crippen LogP contribution in [0.1, 0.15) is 46.3 Å². The summed E-state index contributed by atoms with van der Waals surface area (Å²) in [5.74, 6) is -0.940. The van der Waals surface area contributed by atoms with E-state index in [1.807, 2.05) is 35.9 Å². The Bertz CT molecular complexity index is 1270. The summed E-state index contributed by atoms with van der Waals surface area (Å²) < 4.78 is 12.0. The Labute approximate surface area is 220 Å². The summed E-state index contributed by atoms with van der Waals surface area (Å²) in [6.07, 6.45) is 0.478. The van der Waals surface area contributed by atoms with Crippen molar-refractivity contribution in [1.82, 2.24) is 4.90 Å². The molecule has 2 aromatic carbocycles. The normalized spacial score (nSPS) is 10.7. The van der Waals surface area contributed by atoms with Gasteiger partial charge in [-0.15, -0.1) is 0 Å². The smallest absolute Gasteiger partial charge is 0.303 e. The van der Waals surface area contributed by atoms with Crippen LogP contribution < -0.4 is 9.47 Å². The highest BCUT2D eigenvalue weighted by atomic mass is 32.1. The molecule has 0 unspecified atom stereocenters. The summed E-state index contributed by atoms with van der Waals surface area (Å²) in [7, 11) is 3.39. The number of hydrogen-bond acceptors (Lipinski definition) is 6. The van der Waals surface area contributed by atoms with E-state index in [0.717, 1.165) is 22.3 Å². The lowest BCUT2D eigenvalue weighted by Crippen LogP contribution is -2.21. The van der Waals surface area contributed by atoms with Crippen LogP contribution in [0.25, 0.3) is 11.1 Å². The maximum Gasteiger partial charge on any atom is 0.303 e. The van der Waals surface area contributed by atoms with E-state index in [1.165, 1.54) is 4.90 Å². The van der Waals surface area contributed by atoms with Crippen LogP contribution in [-0.4, -0.2) is 53.7 Å². The lowest BCUT2D eigenvalue weighted by molar-refractivity contribution is -0.138. The number of aryl methyl sites for hydroxylation is 1. The van der Waals surface area contributed by atoms with Crippen molar-refractivity contribution < 1.29 is 34.1 Å². The molecular weight excluding hydrogens is 494 g/mol. The zero-order chi connectivity index (χ0) is 26.9. The Balaban J connectivity index is 1.88. The number of carbonyl (C=O) groups excluding carboxylic acids is 1. The van der Waals surface area contributed by atoms with E-state index >= 15 is 0 Å². The third kappa shape index (κ3) is 7.82. The van der Waals surface area contributed by atoms with Crippen molar-refractivity contribution in [2.24, 2.45) is 0 Å². The molecule has 1 heterocycles. The Morgan fingerprint density at radius 3 is 2.38 bits per heavy atom. The molecule has 3 rings (SSSR count). The molecule has 0 saturated carbocycles. The van der Waals surface area contributed by atoms with Gasteiger partial charge in [-0.1, -0.05) is 12.1 Å². The predicted molar refractivity (Wildman–Crippen MR) is 142 cm³/mol. The minimum Gasteiger partial charge on any atom is -0.493 e. The summed E-state index contributed by atoms with van der Waals surface area (Å²) in [5.41, 5.74) is 4.98. The standard InChI is InChI=1S/C28H31NO7S/c1-18-16-37-17-24(18)20-12-21(28(34)29(2)3)14-22(13-20)36-15-19-6-4-7-25(23(19)9-10-27(32)33)35-11-5-8-26(30)31/h4,6-7,12-14,16-17H,5,8-11,15H2,1-3H3,(H,30,31)(H,32,33). The summed E-state index contributed by atoms with van der Waals surface area (Å²) in [6, 6.07) is 10.8. The van der Waals surface area contributed by atoms with Crippen LogP contribution in [0.15, 0.2) is 47.2 Å². The summed E-state index contributed by atoms with van der Waals surface area (Å²) >= 11 is 1.59. The zero-order valence-corrected chi connectivity index (χ0v) is 22.0. The fourth-order valence-electron chi connectivity index (χ4n) is 3.84. The maximum atomic E-state index is 12.8. The van der Waals surface area contributed by atoms with Crippen molar-refractivity contribution in [2.75, 3.05) is 20.7 Å². The molecule has 3 aromatic rings. The van der Waals surface area contributed by atoms with Gasteiger partial charge >= 0.3 is 11.9 Å². The molecule has 9 heteroatoms. The van der Waals surface area contributed by atoms with E-state index in [4.69, 9.17) is 14.6 Å². The number of hydrogen-bond donors (Lipinski definition) is 2. The topological polar surface area (TPSA) is 113 Å². The van der Waals surface area contributed by atoms with E-state index in [0.29, 0.717) is 29.0 Å². The highest BCUT2D eigenvalue weighted by Crippen LogP contribution is 2.32. The van der Waals surface area contributed by atoms with Crippen LogP contribution in [0.3, 0.4) is 0 Å². The SMILES string of the molecule is Cc1cscc1-c1cc(OCc2cccc(OCCCC(=O)O)c2CCC(=O)O)cc(C(=O)N(C)C)c1. The average molecular weight is 526 g/mol. The van der Waals surface area contributed by atoms with Gasteiger partial charge in [-0.25, -0.2) is 0 Å². The fraction of sp³-hybridized carbons (Fsp3) is 0.321. The number of ether oxygens (including phenoxy) is 2. The van der Waals surface area contributed by atoms with E-state index in [-0.39, 0.29) is 38.4 Å². The van der Waals surface area contributed by atoms with Gasteiger partial charge in [0.25, 0.3) is 5.91 Å². The molecule has 0 bridgehead atoms. The van der Waals surface area contributed by atoms with Crippen LogP contribution >= 0.6 is 11.3 Å². The van der Waals surface area contributed by atoms with E-state index in [2.05, 4.69) is 0 Å². The first kappa shape index (κ1) is 27.7. The third-order valence-electron chi connectivity index (χ3n) is 5.73. The first-order valence-corrected chi connectivity index (χ1v) is 12.8. The largest absolute Gasteiger partial charge is 0.493 e. The third-order valence-corrected chi connectivity index (χ3v) is 6.59. The first-order chi connectivity index (χ1) is 17.7. The van der Waals surface area contributed by atoms with Gasteiger partial charge in [0, 0.05) is 38.1 Å². The number of nitrogens with zero attached hydrogens (tertiary/aromatic N) is 1. The number of amides is 1. The molecule has 0 aliphatic rings. The second-order valence-corrected chi connectivity index (χ2v) is 9.58. The van der Waals surface area contributed by atoms with Crippen LogP contribution in [0.5, 0.6) is 11.5 Å². The van der Waals surface area contributed by atoms with Crippen molar-refractivity contribution in [1.29, 1.82) is 0 Å². The van der Waals surface area contributed by atoms with Gasteiger partial charge in [-0.2, -0.15) is 11.3 Å². The average Bonchev–Trinajstić information content (AvgIpc) is 3.29. The van der Waals surface area contributed by atoms with E-state index in [9.17, 15) is 19.5 Å². The number of carboxylic acid groups (broad SMARTS) is 2. The molecule has 2 N–H and O–H groups in total. The van der Waals surface area contributed by atoms with Gasteiger partial charge in [0.15, 0.2) is 0 Å². The van der Waals surface area contributed by atoms with Gasteiger partial charge in [-0.05, 0) is 77.0 Å². The molecular formula is C28H31NO7S. The maximum absolute atomic E-state index is 12.8. The first-order valence-electron chi connectivity index (χ1n) is 11.9. The molecule has 0 aliphatic carbocycles. The second kappa shape index (κ2) is 12.9. The van der Waals surface area contributed by atoms with Gasteiger partial charge in [0.05, 0.1) is 6.61 Å². The molecule has 0 fully saturated rings. The molecule has 0 spiro atoms. The van der Waals surface area contributed by atoms with Crippen molar-refractivity contribution in [3.8, 4) is 22.6 Å². The Morgan fingerprint density at radius 1 is 0.973 bits per heavy atom. The summed E-state index contributed by atoms with van der Waals surface area (Å²) in [5, 5.41) is 22.2.